The number of aromatic carboxylic acids is 1. The Kier molecular flexibility index (Phi) is 4.05. The third-order valence-corrected chi connectivity index (χ3v) is 3.13. The minimum absolute atomic E-state index is 0.190. The molecule has 102 valence electrons. The Morgan fingerprint density at radius 1 is 1.10 bits per heavy atom. The lowest BCUT2D eigenvalue weighted by Gasteiger charge is -2.07. The van der Waals surface area contributed by atoms with E-state index in [0.29, 0.717) is 5.56 Å². The Bertz CT molecular complexity index is 679. The molecule has 0 atom stereocenters. The summed E-state index contributed by atoms with van der Waals surface area (Å²) in [4.78, 5) is 22.4. The van der Waals surface area contributed by atoms with Gasteiger partial charge in [0.2, 0.25) is 0 Å². The molecule has 0 aliphatic heterocycles. The van der Waals surface area contributed by atoms with Crippen LogP contribution in [-0.2, 0) is 4.74 Å². The summed E-state index contributed by atoms with van der Waals surface area (Å²) in [7, 11) is 1.28. The monoisotopic (exact) mass is 290 g/mol. The van der Waals surface area contributed by atoms with Crippen LogP contribution < -0.4 is 0 Å². The average molecular weight is 291 g/mol. The number of esters is 1. The average Bonchev–Trinajstić information content (AvgIpc) is 2.46. The number of benzene rings is 2. The van der Waals surface area contributed by atoms with Crippen LogP contribution in [0.2, 0.25) is 5.02 Å². The van der Waals surface area contributed by atoms with Crippen molar-refractivity contribution < 1.29 is 19.4 Å². The van der Waals surface area contributed by atoms with Gasteiger partial charge in [-0.2, -0.15) is 0 Å². The highest BCUT2D eigenvalue weighted by atomic mass is 35.5. The number of rotatable bonds is 3. The predicted molar refractivity (Wildman–Crippen MR) is 75.2 cm³/mol. The molecule has 4 nitrogen and oxygen atoms in total. The third kappa shape index (κ3) is 2.81. The maximum Gasteiger partial charge on any atom is 0.339 e. The molecule has 5 heteroatoms. The van der Waals surface area contributed by atoms with Crippen LogP contribution in [0.1, 0.15) is 20.7 Å². The largest absolute Gasteiger partial charge is 0.478 e. The van der Waals surface area contributed by atoms with Crippen LogP contribution in [0.5, 0.6) is 0 Å². The lowest BCUT2D eigenvalue weighted by atomic mass is 10.0. The number of methoxy groups -OCH3 is 1. The summed E-state index contributed by atoms with van der Waals surface area (Å²) in [5.41, 5.74) is 1.90. The van der Waals surface area contributed by atoms with Crippen LogP contribution in [-0.4, -0.2) is 24.2 Å². The molecule has 0 fully saturated rings. The molecule has 1 N–H and O–H groups in total. The first-order chi connectivity index (χ1) is 9.52. The van der Waals surface area contributed by atoms with Crippen LogP contribution in [0.15, 0.2) is 42.5 Å². The van der Waals surface area contributed by atoms with E-state index in [2.05, 4.69) is 4.74 Å². The number of carbonyl (C=O) groups excluding carboxylic acids is 1. The summed E-state index contributed by atoms with van der Waals surface area (Å²) in [6, 6.07) is 11.3. The van der Waals surface area contributed by atoms with Gasteiger partial charge in [-0.1, -0.05) is 29.8 Å². The highest BCUT2D eigenvalue weighted by Crippen LogP contribution is 2.26. The second-order valence-corrected chi connectivity index (χ2v) is 4.48. The van der Waals surface area contributed by atoms with E-state index >= 15 is 0 Å². The predicted octanol–water partition coefficient (Wildman–Crippen LogP) is 3.49. The van der Waals surface area contributed by atoms with Crippen LogP contribution in [0.25, 0.3) is 11.1 Å². The van der Waals surface area contributed by atoms with Gasteiger partial charge in [-0.25, -0.2) is 9.59 Å². The molecular formula is C15H11ClO4. The molecule has 0 aliphatic rings. The molecule has 0 aliphatic carbocycles. The smallest absolute Gasteiger partial charge is 0.339 e. The van der Waals surface area contributed by atoms with Crippen molar-refractivity contribution in [3.8, 4) is 11.1 Å². The molecule has 0 radical (unpaired) electrons. The molecule has 20 heavy (non-hydrogen) atoms. The van der Waals surface area contributed by atoms with Crippen LogP contribution in [0.4, 0.5) is 0 Å². The lowest BCUT2D eigenvalue weighted by molar-refractivity contribution is 0.0600. The fourth-order valence-corrected chi connectivity index (χ4v) is 2.06. The lowest BCUT2D eigenvalue weighted by Crippen LogP contribution is -2.02. The number of hydrogen-bond donors (Lipinski definition) is 1. The standard InChI is InChI=1S/C15H11ClO4/c1-20-15(19)12-6-5-10(8-13(12)16)9-3-2-4-11(7-9)14(17)18/h2-8H,1H3,(H,17,18). The van der Waals surface area contributed by atoms with E-state index in [9.17, 15) is 9.59 Å². The SMILES string of the molecule is COC(=O)c1ccc(-c2cccc(C(=O)O)c2)cc1Cl. The molecular weight excluding hydrogens is 280 g/mol. The third-order valence-electron chi connectivity index (χ3n) is 2.82. The maximum atomic E-state index is 11.4. The molecule has 2 rings (SSSR count). The maximum absolute atomic E-state index is 11.4. The number of ether oxygens (including phenoxy) is 1. The first-order valence-corrected chi connectivity index (χ1v) is 6.12. The fraction of sp³-hybridized carbons (Fsp3) is 0.0667. The number of halogens is 1. The molecule has 0 amide bonds. The second kappa shape index (κ2) is 5.75. The summed E-state index contributed by atoms with van der Waals surface area (Å²) in [5.74, 6) is -1.51. The van der Waals surface area contributed by atoms with Gasteiger partial charge in [0.25, 0.3) is 0 Å². The van der Waals surface area contributed by atoms with E-state index in [0.717, 1.165) is 5.56 Å². The van der Waals surface area contributed by atoms with Crippen LogP contribution in [0.3, 0.4) is 0 Å². The molecule has 0 saturated carbocycles. The van der Waals surface area contributed by atoms with E-state index in [-0.39, 0.29) is 16.1 Å². The Morgan fingerprint density at radius 3 is 2.40 bits per heavy atom. The van der Waals surface area contributed by atoms with E-state index in [4.69, 9.17) is 16.7 Å². The van der Waals surface area contributed by atoms with Gasteiger partial charge in [0.15, 0.2) is 0 Å². The zero-order valence-electron chi connectivity index (χ0n) is 10.6. The van der Waals surface area contributed by atoms with Gasteiger partial charge >= 0.3 is 11.9 Å². The van der Waals surface area contributed by atoms with Gasteiger partial charge in [0.05, 0.1) is 23.3 Å². The number of carbonyl (C=O) groups is 2. The molecule has 0 bridgehead atoms. The molecule has 0 unspecified atom stereocenters. The molecule has 0 spiro atoms. The topological polar surface area (TPSA) is 63.6 Å². The van der Waals surface area contributed by atoms with Crippen molar-refractivity contribution in [2.45, 2.75) is 0 Å². The number of carboxylic acid groups (broad SMARTS) is 1. The normalized spacial score (nSPS) is 10.1. The Morgan fingerprint density at radius 2 is 1.80 bits per heavy atom. The van der Waals surface area contributed by atoms with Gasteiger partial charge in [-0.3, -0.25) is 0 Å². The van der Waals surface area contributed by atoms with E-state index in [1.54, 1.807) is 36.4 Å². The van der Waals surface area contributed by atoms with Crippen molar-refractivity contribution in [1.29, 1.82) is 0 Å². The van der Waals surface area contributed by atoms with Gasteiger partial charge in [-0.05, 0) is 35.4 Å². The summed E-state index contributed by atoms with van der Waals surface area (Å²) in [6.45, 7) is 0. The zero-order chi connectivity index (χ0) is 14.7. The molecule has 2 aromatic rings. The summed E-state index contributed by atoms with van der Waals surface area (Å²) in [5, 5.41) is 9.23. The van der Waals surface area contributed by atoms with Gasteiger partial charge < -0.3 is 9.84 Å². The van der Waals surface area contributed by atoms with Gasteiger partial charge in [0, 0.05) is 0 Å². The minimum Gasteiger partial charge on any atom is -0.478 e. The van der Waals surface area contributed by atoms with Crippen LogP contribution >= 0.6 is 11.6 Å². The van der Waals surface area contributed by atoms with E-state index in [1.165, 1.54) is 13.2 Å². The fourth-order valence-electron chi connectivity index (χ4n) is 1.80. The Balaban J connectivity index is 2.44. The summed E-state index contributed by atoms with van der Waals surface area (Å²) < 4.78 is 4.61. The van der Waals surface area contributed by atoms with Crippen molar-refractivity contribution in [2.24, 2.45) is 0 Å². The Hall–Kier alpha value is -2.33. The van der Waals surface area contributed by atoms with Crippen molar-refractivity contribution >= 4 is 23.5 Å². The number of carboxylic acids is 1. The van der Waals surface area contributed by atoms with Gasteiger partial charge in [-0.15, -0.1) is 0 Å². The second-order valence-electron chi connectivity index (χ2n) is 4.07. The van der Waals surface area contributed by atoms with Crippen LogP contribution in [0, 0.1) is 0 Å². The molecule has 0 aromatic heterocycles. The van der Waals surface area contributed by atoms with E-state index < -0.39 is 11.9 Å². The van der Waals surface area contributed by atoms with Crippen molar-refractivity contribution in [1.82, 2.24) is 0 Å². The quantitative estimate of drug-likeness (QED) is 0.879. The first-order valence-electron chi connectivity index (χ1n) is 5.74. The minimum atomic E-state index is -0.996. The Labute approximate surface area is 120 Å². The molecule has 2 aromatic carbocycles. The highest BCUT2D eigenvalue weighted by molar-refractivity contribution is 6.33. The van der Waals surface area contributed by atoms with Crippen molar-refractivity contribution in [2.75, 3.05) is 7.11 Å². The highest BCUT2D eigenvalue weighted by Gasteiger charge is 2.12. The molecule has 0 heterocycles. The van der Waals surface area contributed by atoms with Gasteiger partial charge in [0.1, 0.15) is 0 Å². The number of hydrogen-bond acceptors (Lipinski definition) is 3. The summed E-state index contributed by atoms with van der Waals surface area (Å²) >= 11 is 6.04. The first kappa shape index (κ1) is 14.1. The zero-order valence-corrected chi connectivity index (χ0v) is 11.3. The molecule has 0 saturated heterocycles. The van der Waals surface area contributed by atoms with E-state index in [1.807, 2.05) is 0 Å². The summed E-state index contributed by atoms with van der Waals surface area (Å²) in [6.07, 6.45) is 0. The van der Waals surface area contributed by atoms with Crippen molar-refractivity contribution in [3.05, 3.63) is 58.6 Å². The van der Waals surface area contributed by atoms with Crippen molar-refractivity contribution in [3.63, 3.8) is 0 Å².